The molecular weight excluding hydrogens is 280 g/mol. The molecule has 0 fully saturated rings. The standard InChI is InChI=1S/C18H10O4/c19-16(11-4-2-1-3-5-11)14-10-12-6-7-15-13(8-9-21-15)17(12)22-18(14)20/h1-10H. The van der Waals surface area contributed by atoms with E-state index in [1.165, 1.54) is 6.26 Å². The topological polar surface area (TPSA) is 60.4 Å². The number of ketones is 1. The quantitative estimate of drug-likeness (QED) is 0.416. The molecule has 4 nitrogen and oxygen atoms in total. The van der Waals surface area contributed by atoms with Crippen LogP contribution < -0.4 is 5.63 Å². The molecule has 2 aromatic carbocycles. The molecule has 22 heavy (non-hydrogen) atoms. The van der Waals surface area contributed by atoms with Gasteiger partial charge >= 0.3 is 5.63 Å². The molecule has 106 valence electrons. The molecule has 0 N–H and O–H groups in total. The van der Waals surface area contributed by atoms with Gasteiger partial charge < -0.3 is 8.83 Å². The molecule has 0 saturated heterocycles. The summed E-state index contributed by atoms with van der Waals surface area (Å²) in [6.45, 7) is 0. The lowest BCUT2D eigenvalue weighted by Gasteiger charge is -2.02. The fourth-order valence-corrected chi connectivity index (χ4v) is 2.53. The van der Waals surface area contributed by atoms with E-state index in [1.54, 1.807) is 48.5 Å². The molecule has 0 radical (unpaired) electrons. The predicted molar refractivity (Wildman–Crippen MR) is 82.1 cm³/mol. The Bertz CT molecular complexity index is 1050. The summed E-state index contributed by atoms with van der Waals surface area (Å²) in [5, 5.41) is 1.40. The van der Waals surface area contributed by atoms with E-state index < -0.39 is 5.63 Å². The molecular formula is C18H10O4. The van der Waals surface area contributed by atoms with Crippen LogP contribution in [0.25, 0.3) is 21.9 Å². The van der Waals surface area contributed by atoms with E-state index in [0.29, 0.717) is 27.5 Å². The van der Waals surface area contributed by atoms with Gasteiger partial charge in [0.25, 0.3) is 0 Å². The highest BCUT2D eigenvalue weighted by molar-refractivity contribution is 6.11. The monoisotopic (exact) mass is 290 g/mol. The van der Waals surface area contributed by atoms with Crippen molar-refractivity contribution >= 4 is 27.7 Å². The van der Waals surface area contributed by atoms with Gasteiger partial charge in [-0.2, -0.15) is 0 Å². The highest BCUT2D eigenvalue weighted by atomic mass is 16.4. The number of fused-ring (bicyclic) bond motifs is 3. The Hall–Kier alpha value is -3.14. The van der Waals surface area contributed by atoms with Crippen molar-refractivity contribution < 1.29 is 13.6 Å². The van der Waals surface area contributed by atoms with Crippen molar-refractivity contribution in [3.63, 3.8) is 0 Å². The van der Waals surface area contributed by atoms with Gasteiger partial charge in [0.1, 0.15) is 16.7 Å². The summed E-state index contributed by atoms with van der Waals surface area (Å²) >= 11 is 0. The van der Waals surface area contributed by atoms with Gasteiger partial charge in [0.15, 0.2) is 5.78 Å². The third-order valence-corrected chi connectivity index (χ3v) is 3.61. The van der Waals surface area contributed by atoms with Crippen LogP contribution in [0.15, 0.2) is 74.5 Å². The highest BCUT2D eigenvalue weighted by Crippen LogP contribution is 2.26. The van der Waals surface area contributed by atoms with Gasteiger partial charge in [-0.1, -0.05) is 30.3 Å². The second-order valence-corrected chi connectivity index (χ2v) is 4.96. The Morgan fingerprint density at radius 3 is 2.59 bits per heavy atom. The summed E-state index contributed by atoms with van der Waals surface area (Å²) in [5.74, 6) is -0.344. The molecule has 2 heterocycles. The van der Waals surface area contributed by atoms with Crippen LogP contribution >= 0.6 is 0 Å². The van der Waals surface area contributed by atoms with Gasteiger partial charge in [-0.15, -0.1) is 0 Å². The molecule has 4 aromatic rings. The van der Waals surface area contributed by atoms with E-state index in [1.807, 2.05) is 6.07 Å². The van der Waals surface area contributed by atoms with Gasteiger partial charge in [0.2, 0.25) is 0 Å². The molecule has 0 amide bonds. The molecule has 0 saturated carbocycles. The summed E-state index contributed by atoms with van der Waals surface area (Å²) in [5.41, 5.74) is 0.911. The van der Waals surface area contributed by atoms with Crippen LogP contribution in [0.3, 0.4) is 0 Å². The average Bonchev–Trinajstić information content (AvgIpc) is 3.03. The highest BCUT2D eigenvalue weighted by Gasteiger charge is 2.16. The first-order valence-electron chi connectivity index (χ1n) is 6.78. The molecule has 0 aliphatic carbocycles. The second-order valence-electron chi connectivity index (χ2n) is 4.96. The fraction of sp³-hybridized carbons (Fsp3) is 0. The minimum Gasteiger partial charge on any atom is -0.464 e. The number of carbonyl (C=O) groups is 1. The molecule has 0 atom stereocenters. The Labute approximate surface area is 124 Å². The van der Waals surface area contributed by atoms with Crippen LogP contribution in [0, 0.1) is 0 Å². The number of benzene rings is 2. The van der Waals surface area contributed by atoms with Gasteiger partial charge in [0.05, 0.1) is 11.6 Å². The largest absolute Gasteiger partial charge is 0.464 e. The lowest BCUT2D eigenvalue weighted by Crippen LogP contribution is -2.14. The molecule has 0 unspecified atom stereocenters. The Kier molecular flexibility index (Phi) is 2.69. The Balaban J connectivity index is 1.96. The summed E-state index contributed by atoms with van der Waals surface area (Å²) in [7, 11) is 0. The minimum atomic E-state index is -0.643. The lowest BCUT2D eigenvalue weighted by atomic mass is 10.0. The lowest BCUT2D eigenvalue weighted by molar-refractivity contribution is 0.103. The van der Waals surface area contributed by atoms with Crippen LogP contribution in [0.1, 0.15) is 15.9 Å². The molecule has 0 aliphatic heterocycles. The van der Waals surface area contributed by atoms with Crippen LogP contribution in [-0.2, 0) is 0 Å². The smallest absolute Gasteiger partial charge is 0.347 e. The van der Waals surface area contributed by atoms with Crippen molar-refractivity contribution in [3.05, 3.63) is 82.4 Å². The SMILES string of the molecule is O=C(c1ccccc1)c1cc2ccc3occc3c2oc1=O. The Morgan fingerprint density at radius 1 is 0.955 bits per heavy atom. The van der Waals surface area contributed by atoms with Crippen LogP contribution in [0.4, 0.5) is 0 Å². The third-order valence-electron chi connectivity index (χ3n) is 3.61. The molecule has 4 heteroatoms. The number of furan rings is 1. The number of hydrogen-bond acceptors (Lipinski definition) is 4. The van der Waals surface area contributed by atoms with Gasteiger partial charge in [-0.05, 0) is 24.3 Å². The van der Waals surface area contributed by atoms with Crippen molar-refractivity contribution in [3.8, 4) is 0 Å². The molecule has 4 rings (SSSR count). The summed E-state index contributed by atoms with van der Waals surface area (Å²) < 4.78 is 10.7. The maximum Gasteiger partial charge on any atom is 0.347 e. The summed E-state index contributed by atoms with van der Waals surface area (Å²) in [6, 6.07) is 15.5. The van der Waals surface area contributed by atoms with Crippen molar-refractivity contribution in [2.75, 3.05) is 0 Å². The number of rotatable bonds is 2. The van der Waals surface area contributed by atoms with E-state index in [-0.39, 0.29) is 11.3 Å². The van der Waals surface area contributed by atoms with E-state index in [4.69, 9.17) is 8.83 Å². The molecule has 0 bridgehead atoms. The summed E-state index contributed by atoms with van der Waals surface area (Å²) in [4.78, 5) is 24.6. The predicted octanol–water partition coefficient (Wildman–Crippen LogP) is 3.77. The first kappa shape index (κ1) is 12.6. The van der Waals surface area contributed by atoms with Gasteiger partial charge in [0, 0.05) is 10.9 Å². The number of carbonyl (C=O) groups excluding carboxylic acids is 1. The molecule has 0 aliphatic rings. The van der Waals surface area contributed by atoms with Crippen LogP contribution in [-0.4, -0.2) is 5.78 Å². The Morgan fingerprint density at radius 2 is 1.77 bits per heavy atom. The average molecular weight is 290 g/mol. The maximum absolute atomic E-state index is 12.4. The normalized spacial score (nSPS) is 11.1. The van der Waals surface area contributed by atoms with E-state index in [9.17, 15) is 9.59 Å². The first-order chi connectivity index (χ1) is 10.7. The summed E-state index contributed by atoms with van der Waals surface area (Å²) in [6.07, 6.45) is 1.53. The van der Waals surface area contributed by atoms with Crippen LogP contribution in [0.2, 0.25) is 0 Å². The van der Waals surface area contributed by atoms with E-state index in [0.717, 1.165) is 0 Å². The third kappa shape index (κ3) is 1.85. The zero-order valence-electron chi connectivity index (χ0n) is 11.4. The second kappa shape index (κ2) is 4.70. The maximum atomic E-state index is 12.4. The van der Waals surface area contributed by atoms with E-state index in [2.05, 4.69) is 0 Å². The van der Waals surface area contributed by atoms with Crippen molar-refractivity contribution in [1.82, 2.24) is 0 Å². The van der Waals surface area contributed by atoms with E-state index >= 15 is 0 Å². The zero-order valence-corrected chi connectivity index (χ0v) is 11.4. The van der Waals surface area contributed by atoms with Gasteiger partial charge in [-0.25, -0.2) is 4.79 Å². The van der Waals surface area contributed by atoms with Crippen LogP contribution in [0.5, 0.6) is 0 Å². The molecule has 2 aromatic heterocycles. The van der Waals surface area contributed by atoms with Crippen molar-refractivity contribution in [2.24, 2.45) is 0 Å². The molecule has 0 spiro atoms. The minimum absolute atomic E-state index is 0.0292. The van der Waals surface area contributed by atoms with Crippen molar-refractivity contribution in [1.29, 1.82) is 0 Å². The number of hydrogen-bond donors (Lipinski definition) is 0. The first-order valence-corrected chi connectivity index (χ1v) is 6.78. The van der Waals surface area contributed by atoms with Crippen molar-refractivity contribution in [2.45, 2.75) is 0 Å². The van der Waals surface area contributed by atoms with Gasteiger partial charge in [-0.3, -0.25) is 4.79 Å². The fourth-order valence-electron chi connectivity index (χ4n) is 2.53. The zero-order chi connectivity index (χ0) is 15.1.